The molecule has 0 radical (unpaired) electrons. The number of nitrogens with one attached hydrogen (secondary N) is 2. The predicted octanol–water partition coefficient (Wildman–Crippen LogP) is 8.14. The summed E-state index contributed by atoms with van der Waals surface area (Å²) in [5.41, 5.74) is 4.63. The maximum Gasteiger partial charge on any atom is 0.407 e. The summed E-state index contributed by atoms with van der Waals surface area (Å²) < 4.78 is 36.4. The molecule has 0 bridgehead atoms. The van der Waals surface area contributed by atoms with Crippen molar-refractivity contribution in [3.05, 3.63) is 89.2 Å². The molecule has 1 aromatic heterocycles. The lowest BCUT2D eigenvalue weighted by Gasteiger charge is -2.35. The minimum absolute atomic E-state index is 0.0445. The highest BCUT2D eigenvalue weighted by Gasteiger charge is 2.40. The van der Waals surface area contributed by atoms with Crippen LogP contribution < -0.4 is 15.1 Å². The van der Waals surface area contributed by atoms with Gasteiger partial charge in [-0.05, 0) is 98.6 Å². The van der Waals surface area contributed by atoms with E-state index in [1.807, 2.05) is 34.1 Å². The van der Waals surface area contributed by atoms with Crippen LogP contribution in [0.3, 0.4) is 0 Å². The molecule has 1 unspecified atom stereocenters. The molecule has 3 saturated heterocycles. The number of carbonyl (C=O) groups is 2. The summed E-state index contributed by atoms with van der Waals surface area (Å²) in [5.74, 6) is 0.121. The molecule has 4 aromatic rings. The number of anilines is 2. The van der Waals surface area contributed by atoms with E-state index in [4.69, 9.17) is 9.72 Å². The quantitative estimate of drug-likeness (QED) is 0.192. The van der Waals surface area contributed by atoms with Crippen LogP contribution >= 0.6 is 0 Å². The first kappa shape index (κ1) is 34.4. The molecule has 3 aromatic carbocycles. The smallest absolute Gasteiger partial charge is 0.407 e. The minimum Gasteiger partial charge on any atom is -0.453 e. The second kappa shape index (κ2) is 14.8. The number of hydrogen-bond acceptors (Lipinski definition) is 6. The molecule has 4 fully saturated rings. The molecule has 1 aliphatic carbocycles. The first-order valence-electron chi connectivity index (χ1n) is 19.1. The highest BCUT2D eigenvalue weighted by molar-refractivity contribution is 5.87. The van der Waals surface area contributed by atoms with E-state index < -0.39 is 23.8 Å². The fourth-order valence-electron chi connectivity index (χ4n) is 9.36. The van der Waals surface area contributed by atoms with Crippen molar-refractivity contribution in [3.8, 4) is 0 Å². The van der Waals surface area contributed by atoms with E-state index in [0.717, 1.165) is 86.6 Å². The van der Waals surface area contributed by atoms with E-state index in [9.17, 15) is 9.59 Å². The summed E-state index contributed by atoms with van der Waals surface area (Å²) in [7, 11) is 1.32. The van der Waals surface area contributed by atoms with Crippen LogP contribution in [0.15, 0.2) is 60.7 Å². The van der Waals surface area contributed by atoms with E-state index in [1.54, 1.807) is 0 Å². The molecule has 3 atom stereocenters. The van der Waals surface area contributed by atoms with Crippen LogP contribution in [0.4, 0.5) is 25.0 Å². The Morgan fingerprint density at radius 3 is 2.27 bits per heavy atom. The number of hydrogen-bond donors (Lipinski definition) is 2. The van der Waals surface area contributed by atoms with Gasteiger partial charge < -0.3 is 29.7 Å². The van der Waals surface area contributed by atoms with Crippen molar-refractivity contribution in [1.29, 1.82) is 0 Å². The first-order chi connectivity index (χ1) is 25.4. The molecule has 52 heavy (non-hydrogen) atoms. The largest absolute Gasteiger partial charge is 0.453 e. The van der Waals surface area contributed by atoms with Gasteiger partial charge in [0, 0.05) is 31.9 Å². The summed E-state index contributed by atoms with van der Waals surface area (Å²) in [5, 5.41) is 2.84. The number of methoxy groups -OCH3 is 1. The molecule has 11 heteroatoms. The average molecular weight is 711 g/mol. The van der Waals surface area contributed by atoms with E-state index in [1.165, 1.54) is 24.8 Å². The number of carbonyl (C=O) groups excluding carboxylic acids is 2. The zero-order valence-corrected chi connectivity index (χ0v) is 29.8. The predicted molar refractivity (Wildman–Crippen MR) is 197 cm³/mol. The number of rotatable bonds is 8. The van der Waals surface area contributed by atoms with Gasteiger partial charge in [0.1, 0.15) is 17.6 Å². The Morgan fingerprint density at radius 2 is 1.54 bits per heavy atom. The Bertz CT molecular complexity index is 1880. The van der Waals surface area contributed by atoms with E-state index in [0.29, 0.717) is 37.8 Å². The Morgan fingerprint density at radius 1 is 0.827 bits per heavy atom. The number of imidazole rings is 1. The summed E-state index contributed by atoms with van der Waals surface area (Å²) >= 11 is 0. The van der Waals surface area contributed by atoms with Crippen molar-refractivity contribution in [2.45, 2.75) is 88.3 Å². The third-order valence-corrected chi connectivity index (χ3v) is 12.0. The summed E-state index contributed by atoms with van der Waals surface area (Å²) in [6.45, 7) is 2.54. The zero-order chi connectivity index (χ0) is 35.8. The number of aromatic nitrogens is 2. The Labute approximate surface area is 303 Å². The van der Waals surface area contributed by atoms with Gasteiger partial charge in [0.15, 0.2) is 11.6 Å². The molecule has 3 aliphatic heterocycles. The number of nitrogens with zero attached hydrogens (tertiary/aromatic N) is 4. The highest BCUT2D eigenvalue weighted by Crippen LogP contribution is 2.41. The van der Waals surface area contributed by atoms with E-state index in [2.05, 4.69) is 39.5 Å². The molecule has 1 saturated carbocycles. The fraction of sp³-hybridized carbons (Fsp3) is 0.488. The molecule has 2 amide bonds. The van der Waals surface area contributed by atoms with Crippen LogP contribution in [0, 0.1) is 17.6 Å². The lowest BCUT2D eigenvalue weighted by molar-refractivity contribution is -0.135. The number of H-pyrrole nitrogens is 1. The maximum atomic E-state index is 15.8. The third kappa shape index (κ3) is 6.70. The third-order valence-electron chi connectivity index (χ3n) is 12.0. The van der Waals surface area contributed by atoms with Gasteiger partial charge in [-0.2, -0.15) is 0 Å². The summed E-state index contributed by atoms with van der Waals surface area (Å²) in [6.07, 6.45) is 8.45. The van der Waals surface area contributed by atoms with Gasteiger partial charge in [0.05, 0.1) is 30.2 Å². The number of alkyl carbamates (subject to hydrolysis) is 1. The highest BCUT2D eigenvalue weighted by atomic mass is 19.1. The molecule has 8 rings (SSSR count). The van der Waals surface area contributed by atoms with E-state index >= 15 is 8.78 Å². The molecule has 274 valence electrons. The topological polar surface area (TPSA) is 93.8 Å². The van der Waals surface area contributed by atoms with Gasteiger partial charge in [0.2, 0.25) is 5.91 Å². The number of halogens is 2. The van der Waals surface area contributed by atoms with Gasteiger partial charge in [-0.3, -0.25) is 4.79 Å². The fourth-order valence-corrected chi connectivity index (χ4v) is 9.36. The Kier molecular flexibility index (Phi) is 9.76. The second-order valence-corrected chi connectivity index (χ2v) is 15.0. The van der Waals surface area contributed by atoms with Crippen LogP contribution in [0.1, 0.15) is 99.2 Å². The Balaban J connectivity index is 0.985. The minimum atomic E-state index is -0.615. The van der Waals surface area contributed by atoms with Crippen molar-refractivity contribution in [2.24, 2.45) is 5.92 Å². The number of piperidine rings is 1. The van der Waals surface area contributed by atoms with Crippen molar-refractivity contribution in [2.75, 3.05) is 43.1 Å². The van der Waals surface area contributed by atoms with Gasteiger partial charge in [-0.15, -0.1) is 0 Å². The number of likely N-dealkylation sites (tertiary alicyclic amines) is 1. The molecule has 0 spiro atoms. The van der Waals surface area contributed by atoms with Crippen LogP contribution in [0.5, 0.6) is 0 Å². The van der Waals surface area contributed by atoms with Crippen molar-refractivity contribution in [3.63, 3.8) is 0 Å². The normalized spacial score (nSPS) is 22.0. The Hall–Kier alpha value is -4.67. The van der Waals surface area contributed by atoms with Crippen LogP contribution in [-0.2, 0) is 9.53 Å². The van der Waals surface area contributed by atoms with Crippen molar-refractivity contribution < 1.29 is 23.1 Å². The van der Waals surface area contributed by atoms with Crippen LogP contribution in [0.2, 0.25) is 0 Å². The number of benzene rings is 3. The lowest BCUT2D eigenvalue weighted by Crippen LogP contribution is -2.51. The van der Waals surface area contributed by atoms with Gasteiger partial charge in [-0.1, -0.05) is 49.2 Å². The molecular weight excluding hydrogens is 662 g/mol. The van der Waals surface area contributed by atoms with Gasteiger partial charge in [0.25, 0.3) is 0 Å². The number of aromatic amines is 1. The average Bonchev–Trinajstić information content (AvgIpc) is 4.00. The van der Waals surface area contributed by atoms with Crippen molar-refractivity contribution in [1.82, 2.24) is 20.2 Å². The molecule has 4 aliphatic rings. The second-order valence-electron chi connectivity index (χ2n) is 15.0. The van der Waals surface area contributed by atoms with Gasteiger partial charge >= 0.3 is 6.09 Å². The van der Waals surface area contributed by atoms with Crippen molar-refractivity contribution >= 4 is 34.4 Å². The number of ether oxygens (including phenoxy) is 1. The van der Waals surface area contributed by atoms with E-state index in [-0.39, 0.29) is 29.6 Å². The number of amides is 2. The molecule has 4 heterocycles. The standard InChI is InChI=1S/C41H48F2N6O3/c1-52-41(51)46-37(28-11-5-6-12-28)40(50)49-20-8-14-36(49)39-44-33-16-15-29(23-34(33)45-39)35-13-7-19-48(35)30-24-31(42)38(32(43)25-30)47-21-17-27(18-22-47)26-9-3-2-4-10-26/h2-4,9-10,15-16,23-25,27-28,35-37H,5-8,11-14,17-22H2,1H3,(H,44,45)(H,46,51)/t35-,36+,37?/m1/s1. The summed E-state index contributed by atoms with van der Waals surface area (Å²) in [4.78, 5) is 40.5. The first-order valence-corrected chi connectivity index (χ1v) is 19.1. The molecular formula is C41H48F2N6O3. The van der Waals surface area contributed by atoms with Crippen LogP contribution in [-0.4, -0.2) is 66.2 Å². The molecule has 9 nitrogen and oxygen atoms in total. The maximum absolute atomic E-state index is 15.8. The van der Waals surface area contributed by atoms with Gasteiger partial charge in [-0.25, -0.2) is 18.6 Å². The SMILES string of the molecule is COC(=O)NC(C(=O)N1CCC[C@H]1c1nc2cc([C@H]3CCCN3c3cc(F)c(N4CCC(c5ccccc5)CC4)c(F)c3)ccc2[nH]1)C1CCCC1. The lowest BCUT2D eigenvalue weighted by atomic mass is 9.89. The summed E-state index contributed by atoms with van der Waals surface area (Å²) in [6, 6.07) is 18.7. The zero-order valence-electron chi connectivity index (χ0n) is 29.8. The molecule has 2 N–H and O–H groups in total. The van der Waals surface area contributed by atoms with Crippen LogP contribution in [0.25, 0.3) is 11.0 Å². The number of fused-ring (bicyclic) bond motifs is 1. The monoisotopic (exact) mass is 710 g/mol.